The Bertz CT molecular complexity index is 1250. The SMILES string of the molecule is CCCCNC(=O)c1ccccc1NC(=O)CN(c1ccccc1F)S(=O)(=O)c1ccccc1. The van der Waals surface area contributed by atoms with Gasteiger partial charge in [-0.3, -0.25) is 13.9 Å². The number of para-hydroxylation sites is 2. The van der Waals surface area contributed by atoms with Gasteiger partial charge in [0.15, 0.2) is 0 Å². The van der Waals surface area contributed by atoms with Crippen LogP contribution in [0.2, 0.25) is 0 Å². The molecule has 0 spiro atoms. The lowest BCUT2D eigenvalue weighted by molar-refractivity contribution is -0.114. The van der Waals surface area contributed by atoms with Gasteiger partial charge in [-0.2, -0.15) is 0 Å². The number of nitrogens with zero attached hydrogens (tertiary/aromatic N) is 1. The number of carbonyl (C=O) groups is 2. The zero-order valence-corrected chi connectivity index (χ0v) is 19.5. The van der Waals surface area contributed by atoms with Gasteiger partial charge < -0.3 is 10.6 Å². The van der Waals surface area contributed by atoms with E-state index in [4.69, 9.17) is 0 Å². The van der Waals surface area contributed by atoms with Crippen LogP contribution in [-0.4, -0.2) is 33.3 Å². The second-order valence-electron chi connectivity index (χ2n) is 7.48. The van der Waals surface area contributed by atoms with E-state index in [9.17, 15) is 22.4 Å². The molecule has 3 aromatic carbocycles. The van der Waals surface area contributed by atoms with Gasteiger partial charge in [-0.1, -0.05) is 55.8 Å². The van der Waals surface area contributed by atoms with Gasteiger partial charge in [-0.25, -0.2) is 12.8 Å². The maximum atomic E-state index is 14.6. The minimum absolute atomic E-state index is 0.0817. The van der Waals surface area contributed by atoms with E-state index in [0.717, 1.165) is 23.2 Å². The van der Waals surface area contributed by atoms with Crippen molar-refractivity contribution in [3.05, 3.63) is 90.2 Å². The molecule has 2 N–H and O–H groups in total. The van der Waals surface area contributed by atoms with E-state index < -0.39 is 28.3 Å². The molecule has 0 saturated heterocycles. The van der Waals surface area contributed by atoms with Crippen LogP contribution in [0.5, 0.6) is 0 Å². The van der Waals surface area contributed by atoms with E-state index in [-0.39, 0.29) is 27.7 Å². The Kier molecular flexibility index (Phi) is 8.37. The molecule has 178 valence electrons. The van der Waals surface area contributed by atoms with Gasteiger partial charge >= 0.3 is 0 Å². The molecule has 0 bridgehead atoms. The summed E-state index contributed by atoms with van der Waals surface area (Å²) in [5, 5.41) is 5.38. The predicted molar refractivity (Wildman–Crippen MR) is 130 cm³/mol. The second-order valence-corrected chi connectivity index (χ2v) is 9.34. The molecule has 0 atom stereocenters. The Balaban J connectivity index is 1.88. The summed E-state index contributed by atoms with van der Waals surface area (Å²) in [6, 6.07) is 19.2. The zero-order chi connectivity index (χ0) is 24.6. The van der Waals surface area contributed by atoms with Crippen LogP contribution in [0.25, 0.3) is 0 Å². The first-order chi connectivity index (χ1) is 16.3. The Morgan fingerprint density at radius 2 is 1.56 bits per heavy atom. The third-order valence-electron chi connectivity index (χ3n) is 5.00. The third kappa shape index (κ3) is 5.99. The normalized spacial score (nSPS) is 11.0. The van der Waals surface area contributed by atoms with Gasteiger partial charge in [0.1, 0.15) is 12.4 Å². The molecule has 0 aliphatic carbocycles. The maximum Gasteiger partial charge on any atom is 0.264 e. The molecule has 0 aliphatic heterocycles. The molecule has 0 fully saturated rings. The summed E-state index contributed by atoms with van der Waals surface area (Å²) >= 11 is 0. The van der Waals surface area contributed by atoms with E-state index in [1.807, 2.05) is 6.92 Å². The number of nitrogens with one attached hydrogen (secondary N) is 2. The molecule has 7 nitrogen and oxygen atoms in total. The minimum atomic E-state index is -4.25. The van der Waals surface area contributed by atoms with E-state index in [2.05, 4.69) is 10.6 Å². The Labute approximate surface area is 198 Å². The molecule has 0 radical (unpaired) electrons. The molecule has 0 aliphatic rings. The molecule has 0 unspecified atom stereocenters. The van der Waals surface area contributed by atoms with Crippen LogP contribution in [-0.2, 0) is 14.8 Å². The quantitative estimate of drug-likeness (QED) is 0.423. The van der Waals surface area contributed by atoms with Crippen LogP contribution < -0.4 is 14.9 Å². The molecular formula is C25H26FN3O4S. The van der Waals surface area contributed by atoms with Crippen LogP contribution in [0.3, 0.4) is 0 Å². The van der Waals surface area contributed by atoms with Crippen molar-refractivity contribution in [3.63, 3.8) is 0 Å². The van der Waals surface area contributed by atoms with Gasteiger partial charge in [0.25, 0.3) is 15.9 Å². The topological polar surface area (TPSA) is 95.6 Å². The van der Waals surface area contributed by atoms with Crippen molar-refractivity contribution in [3.8, 4) is 0 Å². The molecule has 3 aromatic rings. The number of carbonyl (C=O) groups excluding carboxylic acids is 2. The minimum Gasteiger partial charge on any atom is -0.352 e. The summed E-state index contributed by atoms with van der Waals surface area (Å²) in [5.41, 5.74) is 0.217. The highest BCUT2D eigenvalue weighted by Crippen LogP contribution is 2.26. The fourth-order valence-electron chi connectivity index (χ4n) is 3.26. The van der Waals surface area contributed by atoms with Gasteiger partial charge in [-0.05, 0) is 42.8 Å². The molecule has 0 aromatic heterocycles. The van der Waals surface area contributed by atoms with Gasteiger partial charge in [0, 0.05) is 6.54 Å². The van der Waals surface area contributed by atoms with Crippen LogP contribution in [0.1, 0.15) is 30.1 Å². The number of hydrogen-bond acceptors (Lipinski definition) is 4. The standard InChI is InChI=1S/C25H26FN3O4S/c1-2-3-17-27-25(31)20-13-7-9-15-22(20)28-24(30)18-29(23-16-10-8-14-21(23)26)34(32,33)19-11-5-4-6-12-19/h4-16H,2-3,17-18H2,1H3,(H,27,31)(H,28,30). The molecule has 3 rings (SSSR count). The van der Waals surface area contributed by atoms with Crippen molar-refractivity contribution < 1.29 is 22.4 Å². The molecule has 9 heteroatoms. The fourth-order valence-corrected chi connectivity index (χ4v) is 4.71. The first-order valence-corrected chi connectivity index (χ1v) is 12.3. The number of rotatable bonds is 10. The summed E-state index contributed by atoms with van der Waals surface area (Å²) in [6.07, 6.45) is 1.73. The molecule has 34 heavy (non-hydrogen) atoms. The number of sulfonamides is 1. The lowest BCUT2D eigenvalue weighted by atomic mass is 10.1. The largest absolute Gasteiger partial charge is 0.352 e. The first kappa shape index (κ1) is 24.9. The summed E-state index contributed by atoms with van der Waals surface area (Å²) in [4.78, 5) is 25.4. The van der Waals surface area contributed by atoms with Crippen molar-refractivity contribution in [2.75, 3.05) is 22.7 Å². The summed E-state index contributed by atoms with van der Waals surface area (Å²) in [5.74, 6) is -1.87. The number of amides is 2. The predicted octanol–water partition coefficient (Wildman–Crippen LogP) is 4.19. The zero-order valence-electron chi connectivity index (χ0n) is 18.7. The smallest absolute Gasteiger partial charge is 0.264 e. The highest BCUT2D eigenvalue weighted by Gasteiger charge is 2.29. The number of anilines is 2. The average molecular weight is 484 g/mol. The van der Waals surface area contributed by atoms with Crippen molar-refractivity contribution in [1.82, 2.24) is 5.32 Å². The van der Waals surface area contributed by atoms with E-state index in [1.54, 1.807) is 42.5 Å². The molecule has 0 heterocycles. The van der Waals surface area contributed by atoms with Gasteiger partial charge in [0.2, 0.25) is 5.91 Å². The first-order valence-electron chi connectivity index (χ1n) is 10.8. The molecule has 0 saturated carbocycles. The number of hydrogen-bond donors (Lipinski definition) is 2. The molecule has 2 amide bonds. The van der Waals surface area contributed by atoms with Crippen molar-refractivity contribution in [1.29, 1.82) is 0 Å². The number of unbranched alkanes of at least 4 members (excludes halogenated alkanes) is 1. The average Bonchev–Trinajstić information content (AvgIpc) is 2.84. The van der Waals surface area contributed by atoms with Crippen LogP contribution in [0.15, 0.2) is 83.8 Å². The summed E-state index contributed by atoms with van der Waals surface area (Å²) in [7, 11) is -4.25. The second kappa shape index (κ2) is 11.4. The number of benzene rings is 3. The van der Waals surface area contributed by atoms with Crippen LogP contribution in [0.4, 0.5) is 15.8 Å². The maximum absolute atomic E-state index is 14.6. The summed E-state index contributed by atoms with van der Waals surface area (Å²) in [6.45, 7) is 1.81. The van der Waals surface area contributed by atoms with Crippen LogP contribution in [0, 0.1) is 5.82 Å². The van der Waals surface area contributed by atoms with E-state index in [0.29, 0.717) is 6.54 Å². The van der Waals surface area contributed by atoms with E-state index >= 15 is 0 Å². The highest BCUT2D eigenvalue weighted by molar-refractivity contribution is 7.92. The lowest BCUT2D eigenvalue weighted by Gasteiger charge is -2.24. The fraction of sp³-hybridized carbons (Fsp3) is 0.200. The van der Waals surface area contributed by atoms with Crippen LogP contribution >= 0.6 is 0 Å². The molecular weight excluding hydrogens is 457 g/mol. The van der Waals surface area contributed by atoms with Crippen molar-refractivity contribution in [2.24, 2.45) is 0 Å². The van der Waals surface area contributed by atoms with Gasteiger partial charge in [-0.15, -0.1) is 0 Å². The van der Waals surface area contributed by atoms with Gasteiger partial charge in [0.05, 0.1) is 21.8 Å². The van der Waals surface area contributed by atoms with Crippen molar-refractivity contribution in [2.45, 2.75) is 24.7 Å². The monoisotopic (exact) mass is 483 g/mol. The Morgan fingerprint density at radius 3 is 2.26 bits per heavy atom. The third-order valence-corrected chi connectivity index (χ3v) is 6.78. The van der Waals surface area contributed by atoms with Crippen molar-refractivity contribution >= 4 is 33.2 Å². The highest BCUT2D eigenvalue weighted by atomic mass is 32.2. The summed E-state index contributed by atoms with van der Waals surface area (Å²) < 4.78 is 41.9. The van der Waals surface area contributed by atoms with E-state index in [1.165, 1.54) is 30.3 Å². The number of halogens is 1. The Hall–Kier alpha value is -3.72. The Morgan fingerprint density at radius 1 is 0.912 bits per heavy atom. The lowest BCUT2D eigenvalue weighted by Crippen LogP contribution is -2.39.